The van der Waals surface area contributed by atoms with E-state index in [2.05, 4.69) is 22.0 Å². The van der Waals surface area contributed by atoms with E-state index in [-0.39, 0.29) is 11.9 Å². The van der Waals surface area contributed by atoms with Crippen molar-refractivity contribution in [3.05, 3.63) is 54.9 Å². The molecule has 18 heavy (non-hydrogen) atoms. The Labute approximate surface area is 123 Å². The number of rotatable bonds is 3. The third-order valence-corrected chi connectivity index (χ3v) is 5.32. The van der Waals surface area contributed by atoms with Crippen molar-refractivity contribution in [2.45, 2.75) is 19.4 Å². The molecule has 1 atom stereocenters. The summed E-state index contributed by atoms with van der Waals surface area (Å²) < 4.78 is 14.0. The molecule has 0 bridgehead atoms. The lowest BCUT2D eigenvalue weighted by Gasteiger charge is -2.11. The summed E-state index contributed by atoms with van der Waals surface area (Å²) in [5.74, 6) is -0.327. The Hall–Kier alpha value is -0.420. The van der Waals surface area contributed by atoms with E-state index in [9.17, 15) is 4.39 Å². The van der Waals surface area contributed by atoms with Gasteiger partial charge < -0.3 is 5.73 Å². The Bertz CT molecular complexity index is 551. The molecule has 0 aliphatic rings. The number of aryl methyl sites for hydroxylation is 1. The zero-order valence-corrected chi connectivity index (χ0v) is 12.9. The van der Waals surface area contributed by atoms with Crippen molar-refractivity contribution in [2.75, 3.05) is 0 Å². The monoisotopic (exact) mass is 347 g/mol. The largest absolute Gasteiger partial charge is 0.323 e. The fraction of sp³-hybridized carbons (Fsp3) is 0.231. The molecule has 1 aromatic carbocycles. The van der Waals surface area contributed by atoms with Gasteiger partial charge in [-0.25, -0.2) is 4.39 Å². The minimum absolute atomic E-state index is 0.122. The molecule has 1 nitrogen and oxygen atoms in total. The maximum atomic E-state index is 12.9. The van der Waals surface area contributed by atoms with Crippen LogP contribution in [0.5, 0.6) is 0 Å². The van der Waals surface area contributed by atoms with Crippen molar-refractivity contribution in [3.63, 3.8) is 0 Å². The molecule has 0 spiro atoms. The topological polar surface area (TPSA) is 26.0 Å². The molecule has 0 amide bonds. The summed E-state index contributed by atoms with van der Waals surface area (Å²) in [4.78, 5) is 1.10. The van der Waals surface area contributed by atoms with E-state index < -0.39 is 0 Å². The first kappa shape index (κ1) is 14.0. The van der Waals surface area contributed by atoms with Gasteiger partial charge in [-0.2, -0.15) is 0 Å². The van der Waals surface area contributed by atoms with E-state index >= 15 is 0 Å². The van der Waals surface area contributed by atoms with Crippen LogP contribution < -0.4 is 5.73 Å². The highest BCUT2D eigenvalue weighted by molar-refractivity contribution is 9.11. The summed E-state index contributed by atoms with van der Waals surface area (Å²) in [5, 5.41) is 0.429. The Kier molecular flexibility index (Phi) is 4.43. The molecule has 2 N–H and O–H groups in total. The van der Waals surface area contributed by atoms with Crippen molar-refractivity contribution >= 4 is 38.9 Å². The highest BCUT2D eigenvalue weighted by atomic mass is 79.9. The SMILES string of the molecule is Cc1cc(C(N)Cc2ccc(F)cc2Cl)sc1Br. The van der Waals surface area contributed by atoms with Gasteiger partial charge in [0.1, 0.15) is 5.82 Å². The van der Waals surface area contributed by atoms with Crippen molar-refractivity contribution in [1.29, 1.82) is 0 Å². The summed E-state index contributed by atoms with van der Waals surface area (Å²) >= 11 is 11.1. The van der Waals surface area contributed by atoms with Crippen LogP contribution in [0, 0.1) is 12.7 Å². The highest BCUT2D eigenvalue weighted by Crippen LogP contribution is 2.32. The number of hydrogen-bond acceptors (Lipinski definition) is 2. The van der Waals surface area contributed by atoms with Crippen LogP contribution in [0.1, 0.15) is 22.0 Å². The maximum absolute atomic E-state index is 12.9. The number of halogens is 3. The van der Waals surface area contributed by atoms with Crippen LogP contribution in [-0.4, -0.2) is 0 Å². The van der Waals surface area contributed by atoms with Gasteiger partial charge in [0.25, 0.3) is 0 Å². The second-order valence-corrected chi connectivity index (χ2v) is 6.96. The molecule has 0 aliphatic heterocycles. The normalized spacial score (nSPS) is 12.7. The lowest BCUT2D eigenvalue weighted by Crippen LogP contribution is -2.12. The van der Waals surface area contributed by atoms with E-state index in [1.165, 1.54) is 17.7 Å². The lowest BCUT2D eigenvalue weighted by atomic mass is 10.0. The van der Waals surface area contributed by atoms with Crippen molar-refractivity contribution in [3.8, 4) is 0 Å². The Morgan fingerprint density at radius 1 is 1.44 bits per heavy atom. The predicted molar refractivity (Wildman–Crippen MR) is 78.8 cm³/mol. The summed E-state index contributed by atoms with van der Waals surface area (Å²) in [6.45, 7) is 2.03. The van der Waals surface area contributed by atoms with Crippen LogP contribution >= 0.6 is 38.9 Å². The van der Waals surface area contributed by atoms with Crippen LogP contribution in [0.3, 0.4) is 0 Å². The minimum atomic E-state index is -0.327. The summed E-state index contributed by atoms with van der Waals surface area (Å²) in [6, 6.07) is 6.36. The summed E-state index contributed by atoms with van der Waals surface area (Å²) in [6.07, 6.45) is 0.603. The predicted octanol–water partition coefficient (Wildman–Crippen LogP) is 4.85. The lowest BCUT2D eigenvalue weighted by molar-refractivity contribution is 0.626. The Morgan fingerprint density at radius 3 is 2.72 bits per heavy atom. The zero-order valence-electron chi connectivity index (χ0n) is 9.71. The molecule has 5 heteroatoms. The van der Waals surface area contributed by atoms with E-state index in [0.29, 0.717) is 11.4 Å². The summed E-state index contributed by atoms with van der Waals surface area (Å²) in [7, 11) is 0. The molecular weight excluding hydrogens is 337 g/mol. The first-order chi connectivity index (χ1) is 8.47. The third kappa shape index (κ3) is 3.12. The zero-order chi connectivity index (χ0) is 13.3. The molecule has 0 radical (unpaired) electrons. The molecule has 0 saturated carbocycles. The second kappa shape index (κ2) is 5.70. The number of nitrogens with two attached hydrogens (primary N) is 1. The molecule has 2 rings (SSSR count). The van der Waals surface area contributed by atoms with Gasteiger partial charge in [-0.1, -0.05) is 17.7 Å². The highest BCUT2D eigenvalue weighted by Gasteiger charge is 2.13. The molecule has 0 aliphatic carbocycles. The fourth-order valence-electron chi connectivity index (χ4n) is 1.69. The molecule has 1 unspecified atom stereocenters. The molecule has 1 heterocycles. The van der Waals surface area contributed by atoms with Gasteiger partial charge in [0.2, 0.25) is 0 Å². The first-order valence-corrected chi connectivity index (χ1v) is 7.41. The van der Waals surface area contributed by atoms with E-state index in [1.807, 2.05) is 6.92 Å². The van der Waals surface area contributed by atoms with Crippen LogP contribution in [0.2, 0.25) is 5.02 Å². The minimum Gasteiger partial charge on any atom is -0.323 e. The average molecular weight is 349 g/mol. The second-order valence-electron chi connectivity index (χ2n) is 4.15. The molecule has 0 saturated heterocycles. The molecule has 1 aromatic heterocycles. The standard InChI is InChI=1S/C13H12BrClFNS/c1-7-4-12(18-13(7)14)11(17)5-8-2-3-9(16)6-10(8)15/h2-4,6,11H,5,17H2,1H3. The maximum Gasteiger partial charge on any atom is 0.124 e. The van der Waals surface area contributed by atoms with Crippen LogP contribution in [0.25, 0.3) is 0 Å². The third-order valence-electron chi connectivity index (χ3n) is 2.70. The van der Waals surface area contributed by atoms with Gasteiger partial charge in [-0.15, -0.1) is 11.3 Å². The van der Waals surface area contributed by atoms with Gasteiger partial charge >= 0.3 is 0 Å². The van der Waals surface area contributed by atoms with Crippen LogP contribution in [0.15, 0.2) is 28.1 Å². The average Bonchev–Trinajstić information content (AvgIpc) is 2.63. The molecule has 96 valence electrons. The van der Waals surface area contributed by atoms with E-state index in [4.69, 9.17) is 17.3 Å². The Morgan fingerprint density at radius 2 is 2.17 bits per heavy atom. The first-order valence-electron chi connectivity index (χ1n) is 5.42. The van der Waals surface area contributed by atoms with Crippen molar-refractivity contribution in [2.24, 2.45) is 5.73 Å². The number of thiophene rings is 1. The fourth-order valence-corrected chi connectivity index (χ4v) is 3.51. The number of benzene rings is 1. The van der Waals surface area contributed by atoms with E-state index in [0.717, 1.165) is 14.2 Å². The van der Waals surface area contributed by atoms with Crippen molar-refractivity contribution in [1.82, 2.24) is 0 Å². The Balaban J connectivity index is 2.18. The van der Waals surface area contributed by atoms with Crippen LogP contribution in [0.4, 0.5) is 4.39 Å². The molecular formula is C13H12BrClFNS. The van der Waals surface area contributed by atoms with Crippen molar-refractivity contribution < 1.29 is 4.39 Å². The van der Waals surface area contributed by atoms with Gasteiger partial charge in [0, 0.05) is 15.9 Å². The quantitative estimate of drug-likeness (QED) is 0.842. The van der Waals surface area contributed by atoms with E-state index in [1.54, 1.807) is 17.4 Å². The molecule has 0 fully saturated rings. The summed E-state index contributed by atoms with van der Waals surface area (Å²) in [5.41, 5.74) is 8.20. The van der Waals surface area contributed by atoms with Gasteiger partial charge in [0.15, 0.2) is 0 Å². The van der Waals surface area contributed by atoms with Gasteiger partial charge in [-0.05, 0) is 58.6 Å². The number of hydrogen-bond donors (Lipinski definition) is 1. The smallest absolute Gasteiger partial charge is 0.124 e. The van der Waals surface area contributed by atoms with Gasteiger partial charge in [-0.3, -0.25) is 0 Å². The van der Waals surface area contributed by atoms with Gasteiger partial charge in [0.05, 0.1) is 3.79 Å². The molecule has 2 aromatic rings. The van der Waals surface area contributed by atoms with Crippen LogP contribution in [-0.2, 0) is 6.42 Å².